The van der Waals surface area contributed by atoms with Crippen molar-refractivity contribution in [1.82, 2.24) is 0 Å². The second-order valence-corrected chi connectivity index (χ2v) is 6.75. The summed E-state index contributed by atoms with van der Waals surface area (Å²) >= 11 is 0. The SMILES string of the molecule is CCC(N)Cc1ccc(N2CCC3CCCCC32)c(F)c1. The van der Waals surface area contributed by atoms with Gasteiger partial charge < -0.3 is 10.6 Å². The van der Waals surface area contributed by atoms with Crippen LogP contribution in [0.3, 0.4) is 0 Å². The Morgan fingerprint density at radius 2 is 2.10 bits per heavy atom. The van der Waals surface area contributed by atoms with Crippen LogP contribution in [-0.4, -0.2) is 18.6 Å². The molecule has 0 amide bonds. The highest BCUT2D eigenvalue weighted by atomic mass is 19.1. The van der Waals surface area contributed by atoms with Gasteiger partial charge in [-0.25, -0.2) is 4.39 Å². The van der Waals surface area contributed by atoms with Gasteiger partial charge in [-0.15, -0.1) is 0 Å². The van der Waals surface area contributed by atoms with Gasteiger partial charge in [0.2, 0.25) is 0 Å². The van der Waals surface area contributed by atoms with Gasteiger partial charge in [-0.05, 0) is 55.7 Å². The van der Waals surface area contributed by atoms with Crippen molar-refractivity contribution in [2.24, 2.45) is 11.7 Å². The fourth-order valence-electron chi connectivity index (χ4n) is 4.06. The summed E-state index contributed by atoms with van der Waals surface area (Å²) in [4.78, 5) is 2.32. The molecule has 116 valence electrons. The second kappa shape index (κ2) is 6.35. The minimum atomic E-state index is -0.0676. The molecule has 0 aromatic heterocycles. The Balaban J connectivity index is 1.76. The minimum absolute atomic E-state index is 0.0676. The summed E-state index contributed by atoms with van der Waals surface area (Å²) in [6, 6.07) is 6.43. The van der Waals surface area contributed by atoms with Crippen LogP contribution >= 0.6 is 0 Å². The van der Waals surface area contributed by atoms with E-state index in [1.54, 1.807) is 6.07 Å². The number of halogens is 1. The lowest BCUT2D eigenvalue weighted by Gasteiger charge is -2.33. The van der Waals surface area contributed by atoms with Gasteiger partial charge in [0.05, 0.1) is 5.69 Å². The van der Waals surface area contributed by atoms with Crippen molar-refractivity contribution >= 4 is 5.69 Å². The molecule has 2 aliphatic rings. The average Bonchev–Trinajstić information content (AvgIpc) is 2.91. The van der Waals surface area contributed by atoms with Crippen molar-refractivity contribution in [2.75, 3.05) is 11.4 Å². The first kappa shape index (κ1) is 14.8. The Morgan fingerprint density at radius 1 is 1.29 bits per heavy atom. The summed E-state index contributed by atoms with van der Waals surface area (Å²) in [6.07, 6.45) is 8.12. The lowest BCUT2D eigenvalue weighted by Crippen LogP contribution is -2.35. The van der Waals surface area contributed by atoms with E-state index in [1.807, 2.05) is 6.07 Å². The van der Waals surface area contributed by atoms with Gasteiger partial charge in [-0.3, -0.25) is 0 Å². The Kier molecular flexibility index (Phi) is 4.48. The van der Waals surface area contributed by atoms with Crippen LogP contribution < -0.4 is 10.6 Å². The van der Waals surface area contributed by atoms with Crippen molar-refractivity contribution in [3.63, 3.8) is 0 Å². The van der Waals surface area contributed by atoms with Crippen LogP contribution in [0, 0.1) is 11.7 Å². The van der Waals surface area contributed by atoms with Gasteiger partial charge in [0.25, 0.3) is 0 Å². The van der Waals surface area contributed by atoms with Crippen LogP contribution in [0.5, 0.6) is 0 Å². The van der Waals surface area contributed by atoms with Crippen molar-refractivity contribution < 1.29 is 4.39 Å². The lowest BCUT2D eigenvalue weighted by atomic mass is 9.85. The summed E-state index contributed by atoms with van der Waals surface area (Å²) < 4.78 is 14.5. The smallest absolute Gasteiger partial charge is 0.146 e. The Labute approximate surface area is 127 Å². The van der Waals surface area contributed by atoms with Crippen LogP contribution in [0.15, 0.2) is 18.2 Å². The third-order valence-corrected chi connectivity index (χ3v) is 5.35. The molecule has 0 spiro atoms. The first-order valence-corrected chi connectivity index (χ1v) is 8.49. The summed E-state index contributed by atoms with van der Waals surface area (Å²) in [7, 11) is 0. The molecule has 1 saturated carbocycles. The van der Waals surface area contributed by atoms with Gasteiger partial charge in [0.15, 0.2) is 0 Å². The average molecular weight is 290 g/mol. The predicted molar refractivity (Wildman–Crippen MR) is 86.1 cm³/mol. The number of hydrogen-bond acceptors (Lipinski definition) is 2. The molecule has 1 aromatic rings. The highest BCUT2D eigenvalue weighted by molar-refractivity contribution is 5.51. The van der Waals surface area contributed by atoms with Crippen LogP contribution in [0.4, 0.5) is 10.1 Å². The highest BCUT2D eigenvalue weighted by Crippen LogP contribution is 2.39. The molecule has 3 heteroatoms. The fourth-order valence-corrected chi connectivity index (χ4v) is 4.06. The Morgan fingerprint density at radius 3 is 2.86 bits per heavy atom. The maximum absolute atomic E-state index is 14.5. The maximum atomic E-state index is 14.5. The molecule has 3 rings (SSSR count). The van der Waals surface area contributed by atoms with Gasteiger partial charge in [0, 0.05) is 18.6 Å². The van der Waals surface area contributed by atoms with Crippen LogP contribution in [0.1, 0.15) is 51.0 Å². The first-order valence-electron chi connectivity index (χ1n) is 8.49. The molecule has 3 unspecified atom stereocenters. The van der Waals surface area contributed by atoms with E-state index in [0.29, 0.717) is 6.04 Å². The van der Waals surface area contributed by atoms with Crippen molar-refractivity contribution in [3.05, 3.63) is 29.6 Å². The largest absolute Gasteiger partial charge is 0.366 e. The minimum Gasteiger partial charge on any atom is -0.366 e. The Hall–Kier alpha value is -1.09. The summed E-state index contributed by atoms with van der Waals surface area (Å²) in [5.41, 5.74) is 7.79. The van der Waals surface area contributed by atoms with E-state index in [0.717, 1.165) is 36.6 Å². The van der Waals surface area contributed by atoms with E-state index in [-0.39, 0.29) is 11.9 Å². The van der Waals surface area contributed by atoms with E-state index < -0.39 is 0 Å². The van der Waals surface area contributed by atoms with Crippen LogP contribution in [0.2, 0.25) is 0 Å². The van der Waals surface area contributed by atoms with E-state index in [9.17, 15) is 4.39 Å². The monoisotopic (exact) mass is 290 g/mol. The summed E-state index contributed by atoms with van der Waals surface area (Å²) in [5, 5.41) is 0. The zero-order valence-corrected chi connectivity index (χ0v) is 13.0. The quantitative estimate of drug-likeness (QED) is 0.912. The van der Waals surface area contributed by atoms with E-state index in [1.165, 1.54) is 32.1 Å². The third-order valence-electron chi connectivity index (χ3n) is 5.35. The molecule has 1 aromatic carbocycles. The van der Waals surface area contributed by atoms with Gasteiger partial charge in [-0.2, -0.15) is 0 Å². The molecule has 1 heterocycles. The highest BCUT2D eigenvalue weighted by Gasteiger charge is 2.36. The normalized spacial score (nSPS) is 26.7. The van der Waals surface area contributed by atoms with Crippen LogP contribution in [-0.2, 0) is 6.42 Å². The molecule has 2 fully saturated rings. The fraction of sp³-hybridized carbons (Fsp3) is 0.667. The molecule has 1 aliphatic heterocycles. The molecular weight excluding hydrogens is 263 g/mol. The van der Waals surface area contributed by atoms with Crippen molar-refractivity contribution in [1.29, 1.82) is 0 Å². The molecule has 2 N–H and O–H groups in total. The molecule has 0 bridgehead atoms. The molecule has 2 nitrogen and oxygen atoms in total. The number of anilines is 1. The molecule has 21 heavy (non-hydrogen) atoms. The number of benzene rings is 1. The number of nitrogens with two attached hydrogens (primary N) is 1. The van der Waals surface area contributed by atoms with Crippen LogP contribution in [0.25, 0.3) is 0 Å². The van der Waals surface area contributed by atoms with Gasteiger partial charge in [0.1, 0.15) is 5.82 Å². The Bertz CT molecular complexity index is 488. The molecule has 1 aliphatic carbocycles. The molecular formula is C18H27FN2. The van der Waals surface area contributed by atoms with E-state index >= 15 is 0 Å². The van der Waals surface area contributed by atoms with E-state index in [4.69, 9.17) is 5.73 Å². The number of hydrogen-bond donors (Lipinski definition) is 1. The van der Waals surface area contributed by atoms with Gasteiger partial charge in [-0.1, -0.05) is 25.8 Å². The third kappa shape index (κ3) is 3.08. The summed E-state index contributed by atoms with van der Waals surface area (Å²) in [6.45, 7) is 3.09. The number of fused-ring (bicyclic) bond motifs is 1. The zero-order valence-electron chi connectivity index (χ0n) is 13.0. The van der Waals surface area contributed by atoms with Crippen molar-refractivity contribution in [3.8, 4) is 0 Å². The number of rotatable bonds is 4. The topological polar surface area (TPSA) is 29.3 Å². The second-order valence-electron chi connectivity index (χ2n) is 6.75. The lowest BCUT2D eigenvalue weighted by molar-refractivity contribution is 0.341. The molecule has 1 saturated heterocycles. The van der Waals surface area contributed by atoms with Gasteiger partial charge >= 0.3 is 0 Å². The molecule has 0 radical (unpaired) electrons. The summed E-state index contributed by atoms with van der Waals surface area (Å²) in [5.74, 6) is 0.716. The van der Waals surface area contributed by atoms with E-state index in [2.05, 4.69) is 17.9 Å². The standard InChI is InChI=1S/C18H27FN2/c1-2-15(20)11-13-7-8-18(16(19)12-13)21-10-9-14-5-3-4-6-17(14)21/h7-8,12,14-15,17H,2-6,9-11,20H2,1H3. The first-order chi connectivity index (χ1) is 10.2. The zero-order chi connectivity index (χ0) is 14.8. The molecule has 3 atom stereocenters. The van der Waals surface area contributed by atoms with Crippen molar-refractivity contribution in [2.45, 2.75) is 64.0 Å². The number of nitrogens with zero attached hydrogens (tertiary/aromatic N) is 1. The predicted octanol–water partition coefficient (Wildman–Crippen LogP) is 3.87. The maximum Gasteiger partial charge on any atom is 0.146 e.